The van der Waals surface area contributed by atoms with Crippen LogP contribution < -0.4 is 5.32 Å². The van der Waals surface area contributed by atoms with Crippen LogP contribution in [0.2, 0.25) is 0 Å². The van der Waals surface area contributed by atoms with Crippen molar-refractivity contribution in [2.24, 2.45) is 0 Å². The number of nitrogens with zero attached hydrogens (tertiary/aromatic N) is 6. The Morgan fingerprint density at radius 2 is 1.88 bits per heavy atom. The van der Waals surface area contributed by atoms with Gasteiger partial charge in [0.15, 0.2) is 11.0 Å². The van der Waals surface area contributed by atoms with Gasteiger partial charge in [-0.25, -0.2) is 9.07 Å². The molecule has 1 N–H and O–H groups in total. The Morgan fingerprint density at radius 1 is 1.12 bits per heavy atom. The van der Waals surface area contributed by atoms with Crippen LogP contribution in [-0.4, -0.2) is 54.2 Å². The third-order valence-corrected chi connectivity index (χ3v) is 6.29. The van der Waals surface area contributed by atoms with E-state index in [0.29, 0.717) is 17.5 Å². The van der Waals surface area contributed by atoms with Gasteiger partial charge in [-0.1, -0.05) is 18.2 Å². The van der Waals surface area contributed by atoms with Gasteiger partial charge in [0.2, 0.25) is 5.91 Å². The minimum atomic E-state index is -0.297. The van der Waals surface area contributed by atoms with Crippen LogP contribution in [0.25, 0.3) is 5.69 Å². The third kappa shape index (κ3) is 5.36. The summed E-state index contributed by atoms with van der Waals surface area (Å²) in [4.78, 5) is 14.9. The van der Waals surface area contributed by atoms with Crippen molar-refractivity contribution in [3.63, 3.8) is 0 Å². The molecule has 0 saturated carbocycles. The minimum absolute atomic E-state index is 0.145. The molecule has 1 aromatic carbocycles. The van der Waals surface area contributed by atoms with Gasteiger partial charge >= 0.3 is 0 Å². The lowest BCUT2D eigenvalue weighted by molar-refractivity contribution is -0.113. The number of hydrogen-bond donors (Lipinski definition) is 1. The summed E-state index contributed by atoms with van der Waals surface area (Å²) in [6, 6.07) is 8.20. The zero-order chi connectivity index (χ0) is 22.5. The molecule has 8 nitrogen and oxygen atoms in total. The van der Waals surface area contributed by atoms with Crippen LogP contribution in [0.15, 0.2) is 41.7 Å². The van der Waals surface area contributed by atoms with Crippen LogP contribution in [0.1, 0.15) is 45.0 Å². The van der Waals surface area contributed by atoms with Crippen molar-refractivity contribution in [3.8, 4) is 5.69 Å². The number of aromatic nitrogens is 5. The molecule has 2 aromatic heterocycles. The first-order valence-corrected chi connectivity index (χ1v) is 11.9. The second-order valence-corrected chi connectivity index (χ2v) is 9.08. The third-order valence-electron chi connectivity index (χ3n) is 5.36. The van der Waals surface area contributed by atoms with Crippen LogP contribution in [0.5, 0.6) is 0 Å². The lowest BCUT2D eigenvalue weighted by Gasteiger charge is -2.26. The zero-order valence-electron chi connectivity index (χ0n) is 18.4. The van der Waals surface area contributed by atoms with E-state index in [1.807, 2.05) is 18.4 Å². The molecule has 0 aliphatic carbocycles. The molecule has 32 heavy (non-hydrogen) atoms. The van der Waals surface area contributed by atoms with Crippen LogP contribution in [0.4, 0.5) is 10.2 Å². The first-order valence-electron chi connectivity index (χ1n) is 10.9. The van der Waals surface area contributed by atoms with E-state index in [2.05, 4.69) is 25.5 Å². The van der Waals surface area contributed by atoms with Gasteiger partial charge in [0.25, 0.3) is 0 Å². The highest BCUT2D eigenvalue weighted by molar-refractivity contribution is 7.99. The second-order valence-electron chi connectivity index (χ2n) is 8.14. The van der Waals surface area contributed by atoms with E-state index in [4.69, 9.17) is 0 Å². The molecule has 10 heteroatoms. The van der Waals surface area contributed by atoms with Gasteiger partial charge in [-0.05, 0) is 64.0 Å². The van der Waals surface area contributed by atoms with E-state index in [1.54, 1.807) is 29.1 Å². The number of thioether (sulfide) groups is 1. The Bertz CT molecular complexity index is 1040. The van der Waals surface area contributed by atoms with Gasteiger partial charge in [-0.3, -0.25) is 14.3 Å². The second kappa shape index (κ2) is 10.3. The topological polar surface area (TPSA) is 80.9 Å². The van der Waals surface area contributed by atoms with Gasteiger partial charge in [-0.2, -0.15) is 5.10 Å². The first-order chi connectivity index (χ1) is 15.5. The lowest BCUT2D eigenvalue weighted by atomic mass is 10.1. The summed E-state index contributed by atoms with van der Waals surface area (Å²) in [5.74, 6) is 1.18. The van der Waals surface area contributed by atoms with Gasteiger partial charge in [0.1, 0.15) is 11.6 Å². The molecule has 1 aliphatic rings. The van der Waals surface area contributed by atoms with E-state index in [-0.39, 0.29) is 23.5 Å². The fourth-order valence-electron chi connectivity index (χ4n) is 3.80. The normalized spacial score (nSPS) is 14.8. The number of benzene rings is 1. The molecule has 0 bridgehead atoms. The molecule has 1 saturated heterocycles. The molecule has 4 rings (SSSR count). The Morgan fingerprint density at radius 3 is 2.59 bits per heavy atom. The van der Waals surface area contributed by atoms with Crippen LogP contribution in [0.3, 0.4) is 0 Å². The predicted octanol–water partition coefficient (Wildman–Crippen LogP) is 3.90. The molecular formula is C22H28FN7OS. The highest BCUT2D eigenvalue weighted by Gasteiger charge is 2.20. The average Bonchev–Trinajstić information content (AvgIpc) is 3.41. The number of amides is 1. The molecule has 3 heterocycles. The highest BCUT2D eigenvalue weighted by atomic mass is 32.2. The van der Waals surface area contributed by atoms with E-state index in [9.17, 15) is 9.18 Å². The molecule has 1 amide bonds. The molecule has 0 radical (unpaired) electrons. The highest BCUT2D eigenvalue weighted by Crippen LogP contribution is 2.24. The van der Waals surface area contributed by atoms with E-state index in [0.717, 1.165) is 24.6 Å². The summed E-state index contributed by atoms with van der Waals surface area (Å²) < 4.78 is 17.2. The molecule has 0 unspecified atom stereocenters. The first kappa shape index (κ1) is 22.5. The van der Waals surface area contributed by atoms with Gasteiger partial charge in [-0.15, -0.1) is 10.2 Å². The number of carbonyl (C=O) groups excluding carboxylic acids is 1. The summed E-state index contributed by atoms with van der Waals surface area (Å²) in [5, 5.41) is 16.5. The van der Waals surface area contributed by atoms with Crippen molar-refractivity contribution in [1.82, 2.24) is 29.4 Å². The molecule has 1 aliphatic heterocycles. The maximum Gasteiger partial charge on any atom is 0.235 e. The number of hydrogen-bond acceptors (Lipinski definition) is 6. The van der Waals surface area contributed by atoms with Crippen molar-refractivity contribution in [2.75, 3.05) is 24.2 Å². The number of likely N-dealkylation sites (tertiary alicyclic amines) is 1. The summed E-state index contributed by atoms with van der Waals surface area (Å²) >= 11 is 1.31. The van der Waals surface area contributed by atoms with Crippen molar-refractivity contribution < 1.29 is 9.18 Å². The number of nitrogens with one attached hydrogen (secondary N) is 1. The molecular weight excluding hydrogens is 429 g/mol. The smallest absolute Gasteiger partial charge is 0.235 e. The number of carbonyl (C=O) groups is 1. The molecule has 1 fully saturated rings. The van der Waals surface area contributed by atoms with Crippen LogP contribution in [-0.2, 0) is 11.3 Å². The number of anilines is 1. The Labute approximate surface area is 191 Å². The fourth-order valence-corrected chi connectivity index (χ4v) is 4.57. The summed E-state index contributed by atoms with van der Waals surface area (Å²) in [6.07, 6.45) is 5.28. The predicted molar refractivity (Wildman–Crippen MR) is 122 cm³/mol. The van der Waals surface area contributed by atoms with Gasteiger partial charge < -0.3 is 5.32 Å². The standard InChI is InChI=1S/C22H28FN7OS/c1-16(2)30-19(10-11-24-30)25-21(31)15-32-22-27-26-20(14-28-12-4-3-5-13-28)29(22)18-8-6-17(23)7-9-18/h6-11,16H,3-5,12-15H2,1-2H3,(H,25,31). The number of rotatable bonds is 8. The number of halogens is 1. The van der Waals surface area contributed by atoms with E-state index in [1.165, 1.54) is 43.2 Å². The van der Waals surface area contributed by atoms with Gasteiger partial charge in [0.05, 0.1) is 18.5 Å². The number of piperidine rings is 1. The largest absolute Gasteiger partial charge is 0.310 e. The van der Waals surface area contributed by atoms with Crippen LogP contribution in [0, 0.1) is 5.82 Å². The van der Waals surface area contributed by atoms with Crippen LogP contribution >= 0.6 is 11.8 Å². The Balaban J connectivity index is 1.50. The summed E-state index contributed by atoms with van der Waals surface area (Å²) in [5.41, 5.74) is 0.782. The van der Waals surface area contributed by atoms with E-state index >= 15 is 0 Å². The fraction of sp³-hybridized carbons (Fsp3) is 0.455. The quantitative estimate of drug-likeness (QED) is 0.517. The van der Waals surface area contributed by atoms with Crippen molar-refractivity contribution in [3.05, 3.63) is 48.2 Å². The summed E-state index contributed by atoms with van der Waals surface area (Å²) in [6.45, 7) is 6.75. The van der Waals surface area contributed by atoms with Crippen molar-refractivity contribution >= 4 is 23.5 Å². The monoisotopic (exact) mass is 457 g/mol. The molecule has 3 aromatic rings. The molecule has 0 spiro atoms. The Hall–Kier alpha value is -2.72. The molecule has 0 atom stereocenters. The average molecular weight is 458 g/mol. The van der Waals surface area contributed by atoms with Crippen molar-refractivity contribution in [1.29, 1.82) is 0 Å². The molecule has 170 valence electrons. The maximum atomic E-state index is 13.5. The SMILES string of the molecule is CC(C)n1nccc1NC(=O)CSc1nnc(CN2CCCCC2)n1-c1ccc(F)cc1. The maximum absolute atomic E-state index is 13.5. The van der Waals surface area contributed by atoms with Crippen molar-refractivity contribution in [2.45, 2.75) is 50.9 Å². The Kier molecular flexibility index (Phi) is 7.21. The summed E-state index contributed by atoms with van der Waals surface area (Å²) in [7, 11) is 0. The van der Waals surface area contributed by atoms with Gasteiger partial charge in [0, 0.05) is 17.8 Å². The minimum Gasteiger partial charge on any atom is -0.310 e. The zero-order valence-corrected chi connectivity index (χ0v) is 19.2. The lowest BCUT2D eigenvalue weighted by Crippen LogP contribution is -2.30. The van der Waals surface area contributed by atoms with E-state index < -0.39 is 0 Å².